The third kappa shape index (κ3) is 3.57. The van der Waals surface area contributed by atoms with Crippen molar-refractivity contribution in [3.8, 4) is 11.5 Å². The van der Waals surface area contributed by atoms with Crippen molar-refractivity contribution in [3.63, 3.8) is 0 Å². The topological polar surface area (TPSA) is 76.2 Å². The molecule has 0 spiro atoms. The molecular formula is C14H15ClN2O3. The summed E-state index contributed by atoms with van der Waals surface area (Å²) in [5.41, 5.74) is 1.73. The number of halogens is 1. The molecule has 106 valence electrons. The van der Waals surface area contributed by atoms with Gasteiger partial charge in [-0.3, -0.25) is 4.79 Å². The summed E-state index contributed by atoms with van der Waals surface area (Å²) in [7, 11) is 0. The van der Waals surface area contributed by atoms with Crippen molar-refractivity contribution in [3.05, 3.63) is 34.7 Å². The minimum absolute atomic E-state index is 0.0608. The number of carboxylic acids is 1. The molecule has 0 saturated carbocycles. The Morgan fingerprint density at radius 1 is 1.45 bits per heavy atom. The molecule has 0 aliphatic carbocycles. The fraction of sp³-hybridized carbons (Fsp3) is 0.357. The lowest BCUT2D eigenvalue weighted by atomic mass is 10.0. The first-order chi connectivity index (χ1) is 9.45. The zero-order valence-electron chi connectivity index (χ0n) is 11.3. The van der Waals surface area contributed by atoms with Gasteiger partial charge < -0.3 is 9.52 Å². The van der Waals surface area contributed by atoms with E-state index in [4.69, 9.17) is 21.1 Å². The van der Waals surface area contributed by atoms with Crippen molar-refractivity contribution in [1.29, 1.82) is 0 Å². The maximum Gasteiger partial charge on any atom is 0.303 e. The largest absolute Gasteiger partial charge is 0.481 e. The Labute approximate surface area is 121 Å². The molecule has 0 fully saturated rings. The number of benzene rings is 1. The SMILES string of the molecule is Cc1ccc(-c2nnc(CC(C)CC(=O)O)o2)c(Cl)c1. The number of nitrogens with zero attached hydrogens (tertiary/aromatic N) is 2. The van der Waals surface area contributed by atoms with E-state index in [1.165, 1.54) is 0 Å². The van der Waals surface area contributed by atoms with Gasteiger partial charge in [-0.05, 0) is 30.5 Å². The van der Waals surface area contributed by atoms with E-state index in [1.54, 1.807) is 0 Å². The highest BCUT2D eigenvalue weighted by Crippen LogP contribution is 2.28. The third-order valence-electron chi connectivity index (χ3n) is 2.87. The molecule has 2 aromatic rings. The second-order valence-corrected chi connectivity index (χ2v) is 5.30. The van der Waals surface area contributed by atoms with Gasteiger partial charge in [-0.1, -0.05) is 24.6 Å². The first-order valence-corrected chi connectivity index (χ1v) is 6.64. The molecule has 5 nitrogen and oxygen atoms in total. The van der Waals surface area contributed by atoms with Crippen LogP contribution in [-0.4, -0.2) is 21.3 Å². The van der Waals surface area contributed by atoms with Gasteiger partial charge in [0.2, 0.25) is 11.8 Å². The Kier molecular flexibility index (Phi) is 4.39. The monoisotopic (exact) mass is 294 g/mol. The summed E-state index contributed by atoms with van der Waals surface area (Å²) in [6, 6.07) is 5.57. The molecule has 0 amide bonds. The van der Waals surface area contributed by atoms with E-state index in [2.05, 4.69) is 10.2 Å². The van der Waals surface area contributed by atoms with Gasteiger partial charge in [-0.15, -0.1) is 10.2 Å². The minimum Gasteiger partial charge on any atom is -0.481 e. The predicted octanol–water partition coefficient (Wildman–Crippen LogP) is 3.35. The Balaban J connectivity index is 2.14. The Hall–Kier alpha value is -1.88. The van der Waals surface area contributed by atoms with E-state index in [0.717, 1.165) is 5.56 Å². The summed E-state index contributed by atoms with van der Waals surface area (Å²) in [5, 5.41) is 17.2. The highest BCUT2D eigenvalue weighted by Gasteiger charge is 2.15. The van der Waals surface area contributed by atoms with Crippen LogP contribution in [0.15, 0.2) is 22.6 Å². The molecule has 1 unspecified atom stereocenters. The molecular weight excluding hydrogens is 280 g/mol. The summed E-state index contributed by atoms with van der Waals surface area (Å²) in [5.74, 6) is -0.119. The fourth-order valence-corrected chi connectivity index (χ4v) is 2.22. The molecule has 0 aliphatic rings. The van der Waals surface area contributed by atoms with E-state index >= 15 is 0 Å². The number of aliphatic carboxylic acids is 1. The number of hydrogen-bond acceptors (Lipinski definition) is 4. The van der Waals surface area contributed by atoms with Crippen LogP contribution in [0.25, 0.3) is 11.5 Å². The van der Waals surface area contributed by atoms with E-state index < -0.39 is 5.97 Å². The Bertz CT molecular complexity index is 625. The van der Waals surface area contributed by atoms with Crippen molar-refractivity contribution < 1.29 is 14.3 Å². The lowest BCUT2D eigenvalue weighted by Crippen LogP contribution is -2.07. The van der Waals surface area contributed by atoms with Crippen LogP contribution in [0, 0.1) is 12.8 Å². The zero-order valence-corrected chi connectivity index (χ0v) is 12.0. The number of carbonyl (C=O) groups is 1. The summed E-state index contributed by atoms with van der Waals surface area (Å²) in [6.07, 6.45) is 0.506. The number of hydrogen-bond donors (Lipinski definition) is 1. The minimum atomic E-state index is -0.834. The smallest absolute Gasteiger partial charge is 0.303 e. The molecule has 2 rings (SSSR count). The standard InChI is InChI=1S/C14H15ClN2O3/c1-8-3-4-10(11(15)5-8)14-17-16-12(20-14)6-9(2)7-13(18)19/h3-5,9H,6-7H2,1-2H3,(H,18,19). The molecule has 0 saturated heterocycles. The van der Waals surface area contributed by atoms with Gasteiger partial charge in [0.1, 0.15) is 0 Å². The average Bonchev–Trinajstić information content (AvgIpc) is 2.75. The van der Waals surface area contributed by atoms with Crippen LogP contribution in [0.1, 0.15) is 24.8 Å². The van der Waals surface area contributed by atoms with Crippen molar-refractivity contribution in [2.24, 2.45) is 5.92 Å². The molecule has 0 radical (unpaired) electrons. The quantitative estimate of drug-likeness (QED) is 0.915. The number of aromatic nitrogens is 2. The van der Waals surface area contributed by atoms with Crippen LogP contribution in [0.2, 0.25) is 5.02 Å². The summed E-state index contributed by atoms with van der Waals surface area (Å²) in [4.78, 5) is 10.6. The van der Waals surface area contributed by atoms with Crippen molar-refractivity contribution >= 4 is 17.6 Å². The molecule has 1 atom stereocenters. The van der Waals surface area contributed by atoms with E-state index in [0.29, 0.717) is 28.8 Å². The molecule has 20 heavy (non-hydrogen) atoms. The van der Waals surface area contributed by atoms with Gasteiger partial charge in [0.05, 0.1) is 10.6 Å². The third-order valence-corrected chi connectivity index (χ3v) is 3.18. The first-order valence-electron chi connectivity index (χ1n) is 6.26. The van der Waals surface area contributed by atoms with Gasteiger partial charge in [0.25, 0.3) is 0 Å². The van der Waals surface area contributed by atoms with Crippen molar-refractivity contribution in [2.45, 2.75) is 26.7 Å². The fourth-order valence-electron chi connectivity index (χ4n) is 1.91. The van der Waals surface area contributed by atoms with E-state index in [1.807, 2.05) is 32.0 Å². The molecule has 1 aromatic carbocycles. The van der Waals surface area contributed by atoms with Crippen LogP contribution in [0.4, 0.5) is 0 Å². The second-order valence-electron chi connectivity index (χ2n) is 4.89. The van der Waals surface area contributed by atoms with E-state index in [-0.39, 0.29) is 12.3 Å². The highest BCUT2D eigenvalue weighted by molar-refractivity contribution is 6.33. The summed E-state index contributed by atoms with van der Waals surface area (Å²) >= 11 is 6.14. The van der Waals surface area contributed by atoms with E-state index in [9.17, 15) is 4.79 Å². The highest BCUT2D eigenvalue weighted by atomic mass is 35.5. The zero-order chi connectivity index (χ0) is 14.7. The molecule has 0 aliphatic heterocycles. The normalized spacial score (nSPS) is 12.3. The van der Waals surface area contributed by atoms with Crippen LogP contribution in [0.5, 0.6) is 0 Å². The maximum atomic E-state index is 10.6. The number of carboxylic acid groups (broad SMARTS) is 1. The second kappa shape index (κ2) is 6.05. The number of aryl methyl sites for hydroxylation is 1. The Morgan fingerprint density at radius 2 is 2.20 bits per heavy atom. The summed E-state index contributed by atoms with van der Waals surface area (Å²) < 4.78 is 5.54. The van der Waals surface area contributed by atoms with Crippen molar-refractivity contribution in [2.75, 3.05) is 0 Å². The van der Waals surface area contributed by atoms with Crippen LogP contribution in [-0.2, 0) is 11.2 Å². The van der Waals surface area contributed by atoms with Gasteiger partial charge in [0.15, 0.2) is 0 Å². The van der Waals surface area contributed by atoms with Crippen LogP contribution >= 0.6 is 11.6 Å². The van der Waals surface area contributed by atoms with Gasteiger partial charge in [-0.2, -0.15) is 0 Å². The van der Waals surface area contributed by atoms with Crippen molar-refractivity contribution in [1.82, 2.24) is 10.2 Å². The molecule has 1 aromatic heterocycles. The lowest BCUT2D eigenvalue weighted by Gasteiger charge is -2.04. The first kappa shape index (κ1) is 14.5. The molecule has 6 heteroatoms. The lowest BCUT2D eigenvalue weighted by molar-refractivity contribution is -0.137. The van der Waals surface area contributed by atoms with Crippen LogP contribution < -0.4 is 0 Å². The number of rotatable bonds is 5. The molecule has 0 bridgehead atoms. The molecule has 1 N–H and O–H groups in total. The van der Waals surface area contributed by atoms with Gasteiger partial charge in [-0.25, -0.2) is 0 Å². The Morgan fingerprint density at radius 3 is 2.85 bits per heavy atom. The average molecular weight is 295 g/mol. The molecule has 1 heterocycles. The van der Waals surface area contributed by atoms with Gasteiger partial charge >= 0.3 is 5.97 Å². The van der Waals surface area contributed by atoms with Crippen LogP contribution in [0.3, 0.4) is 0 Å². The van der Waals surface area contributed by atoms with Gasteiger partial charge in [0, 0.05) is 12.8 Å². The maximum absolute atomic E-state index is 10.6. The summed E-state index contributed by atoms with van der Waals surface area (Å²) in [6.45, 7) is 3.78. The predicted molar refractivity (Wildman–Crippen MR) is 74.6 cm³/mol.